The molecule has 4 nitrogen and oxygen atoms in total. The van der Waals surface area contributed by atoms with Crippen LogP contribution in [0.4, 0.5) is 4.79 Å². The number of hydrogen-bond acceptors (Lipinski definition) is 2. The molecule has 0 unspecified atom stereocenters. The first-order chi connectivity index (χ1) is 9.33. The van der Waals surface area contributed by atoms with E-state index in [1.165, 1.54) is 44.9 Å². The molecule has 0 aromatic carbocycles. The summed E-state index contributed by atoms with van der Waals surface area (Å²) in [5.74, 6) is 0. The Morgan fingerprint density at radius 1 is 1.00 bits per heavy atom. The second-order valence-electron chi connectivity index (χ2n) is 5.96. The summed E-state index contributed by atoms with van der Waals surface area (Å²) in [4.78, 5) is 16.9. The minimum absolute atomic E-state index is 0.249. The number of carbonyl (C=O) groups is 1. The molecule has 1 saturated heterocycles. The Labute approximate surface area is 117 Å². The Morgan fingerprint density at radius 3 is 2.16 bits per heavy atom. The maximum atomic E-state index is 12.7. The number of hydrogen-bond donors (Lipinski definition) is 1. The summed E-state index contributed by atoms with van der Waals surface area (Å²) in [5.41, 5.74) is 5.72. The van der Waals surface area contributed by atoms with Gasteiger partial charge in [-0.1, -0.05) is 32.1 Å². The third kappa shape index (κ3) is 4.10. The van der Waals surface area contributed by atoms with Gasteiger partial charge in [-0.15, -0.1) is 0 Å². The van der Waals surface area contributed by atoms with Crippen molar-refractivity contribution >= 4 is 6.03 Å². The van der Waals surface area contributed by atoms with Crippen LogP contribution in [-0.4, -0.2) is 48.1 Å². The molecule has 2 N–H and O–H groups in total. The van der Waals surface area contributed by atoms with E-state index >= 15 is 0 Å². The Balaban J connectivity index is 1.97. The third-order valence-electron chi connectivity index (χ3n) is 4.51. The first-order valence-corrected chi connectivity index (χ1v) is 8.08. The number of amides is 2. The van der Waals surface area contributed by atoms with Gasteiger partial charge in [-0.2, -0.15) is 0 Å². The van der Waals surface area contributed by atoms with E-state index in [9.17, 15) is 4.79 Å². The molecule has 1 aliphatic heterocycles. The molecular weight excluding hydrogens is 238 g/mol. The van der Waals surface area contributed by atoms with E-state index in [-0.39, 0.29) is 6.03 Å². The second kappa shape index (κ2) is 7.73. The van der Waals surface area contributed by atoms with Gasteiger partial charge in [-0.25, -0.2) is 4.79 Å². The lowest BCUT2D eigenvalue weighted by molar-refractivity contribution is 0.122. The number of nitrogens with zero attached hydrogens (tertiary/aromatic N) is 2. The number of rotatable bonds is 3. The molecule has 1 aliphatic carbocycles. The number of carbonyl (C=O) groups excluding carboxylic acids is 1. The summed E-state index contributed by atoms with van der Waals surface area (Å²) in [6.45, 7) is 3.18. The second-order valence-corrected chi connectivity index (χ2v) is 5.96. The molecule has 0 aromatic rings. The van der Waals surface area contributed by atoms with E-state index in [4.69, 9.17) is 5.73 Å². The molecule has 0 bridgehead atoms. The lowest BCUT2D eigenvalue weighted by Crippen LogP contribution is -2.50. The average molecular weight is 267 g/mol. The average Bonchev–Trinajstić information content (AvgIpc) is 2.74. The third-order valence-corrected chi connectivity index (χ3v) is 4.51. The van der Waals surface area contributed by atoms with Crippen LogP contribution in [-0.2, 0) is 0 Å². The fraction of sp³-hybridized carbons (Fsp3) is 0.933. The van der Waals surface area contributed by atoms with Gasteiger partial charge in [0.25, 0.3) is 0 Å². The molecule has 2 rings (SSSR count). The Bertz CT molecular complexity index is 269. The molecule has 110 valence electrons. The highest BCUT2D eigenvalue weighted by atomic mass is 16.2. The van der Waals surface area contributed by atoms with E-state index in [1.807, 2.05) is 0 Å². The lowest BCUT2D eigenvalue weighted by Gasteiger charge is -2.37. The quantitative estimate of drug-likeness (QED) is 0.854. The monoisotopic (exact) mass is 267 g/mol. The van der Waals surface area contributed by atoms with Crippen molar-refractivity contribution < 1.29 is 4.79 Å². The molecule has 4 heteroatoms. The van der Waals surface area contributed by atoms with Gasteiger partial charge in [0, 0.05) is 32.2 Å². The minimum atomic E-state index is 0.249. The molecule has 2 aliphatic rings. The van der Waals surface area contributed by atoms with E-state index < -0.39 is 0 Å². The van der Waals surface area contributed by atoms with E-state index in [0.29, 0.717) is 12.6 Å². The van der Waals surface area contributed by atoms with Crippen molar-refractivity contribution in [1.29, 1.82) is 0 Å². The van der Waals surface area contributed by atoms with Crippen molar-refractivity contribution in [1.82, 2.24) is 9.80 Å². The normalized spacial score (nSPS) is 22.1. The van der Waals surface area contributed by atoms with Gasteiger partial charge in [-0.05, 0) is 25.7 Å². The van der Waals surface area contributed by atoms with Crippen molar-refractivity contribution in [2.75, 3.05) is 26.2 Å². The summed E-state index contributed by atoms with van der Waals surface area (Å²) < 4.78 is 0. The van der Waals surface area contributed by atoms with Gasteiger partial charge in [-0.3, -0.25) is 0 Å². The van der Waals surface area contributed by atoms with Crippen molar-refractivity contribution in [2.24, 2.45) is 5.73 Å². The van der Waals surface area contributed by atoms with Gasteiger partial charge in [0.05, 0.1) is 0 Å². The first-order valence-electron chi connectivity index (χ1n) is 8.08. The maximum absolute atomic E-state index is 12.7. The number of likely N-dealkylation sites (tertiary alicyclic amines) is 1. The van der Waals surface area contributed by atoms with Crippen LogP contribution in [0.2, 0.25) is 0 Å². The van der Waals surface area contributed by atoms with E-state index in [2.05, 4.69) is 9.80 Å². The summed E-state index contributed by atoms with van der Waals surface area (Å²) in [7, 11) is 0. The predicted octanol–water partition coefficient (Wildman–Crippen LogP) is 2.58. The van der Waals surface area contributed by atoms with E-state index in [0.717, 1.165) is 32.5 Å². The smallest absolute Gasteiger partial charge is 0.320 e. The molecule has 1 saturated carbocycles. The minimum Gasteiger partial charge on any atom is -0.329 e. The zero-order chi connectivity index (χ0) is 13.5. The Hall–Kier alpha value is -0.770. The van der Waals surface area contributed by atoms with E-state index in [1.54, 1.807) is 0 Å². The fourth-order valence-electron chi connectivity index (χ4n) is 3.41. The van der Waals surface area contributed by atoms with Crippen molar-refractivity contribution in [3.8, 4) is 0 Å². The van der Waals surface area contributed by atoms with Crippen LogP contribution in [0.1, 0.15) is 57.8 Å². The van der Waals surface area contributed by atoms with Crippen LogP contribution < -0.4 is 5.73 Å². The van der Waals surface area contributed by atoms with Gasteiger partial charge >= 0.3 is 6.03 Å². The van der Waals surface area contributed by atoms with Gasteiger partial charge in [0.2, 0.25) is 0 Å². The maximum Gasteiger partial charge on any atom is 0.320 e. The summed E-state index contributed by atoms with van der Waals surface area (Å²) >= 11 is 0. The SMILES string of the molecule is NCCN(C(=O)N1CCCCCC1)C1CCCCC1. The molecule has 2 fully saturated rings. The van der Waals surface area contributed by atoms with Gasteiger partial charge in [0.1, 0.15) is 0 Å². The number of nitrogens with two attached hydrogens (primary N) is 1. The number of urea groups is 1. The highest BCUT2D eigenvalue weighted by molar-refractivity contribution is 5.75. The predicted molar refractivity (Wildman–Crippen MR) is 78.1 cm³/mol. The zero-order valence-electron chi connectivity index (χ0n) is 12.1. The molecule has 0 aromatic heterocycles. The largest absolute Gasteiger partial charge is 0.329 e. The Morgan fingerprint density at radius 2 is 1.58 bits per heavy atom. The van der Waals surface area contributed by atoms with Crippen LogP contribution in [0.5, 0.6) is 0 Å². The van der Waals surface area contributed by atoms with Crippen LogP contribution in [0, 0.1) is 0 Å². The standard InChI is InChI=1S/C15H29N3O/c16-10-13-18(14-8-4-3-5-9-14)15(19)17-11-6-1-2-7-12-17/h14H,1-13,16H2. The van der Waals surface area contributed by atoms with Crippen molar-refractivity contribution in [3.63, 3.8) is 0 Å². The molecule has 0 spiro atoms. The highest BCUT2D eigenvalue weighted by Crippen LogP contribution is 2.24. The topological polar surface area (TPSA) is 49.6 Å². The molecule has 2 amide bonds. The first kappa shape index (κ1) is 14.6. The molecular formula is C15H29N3O. The highest BCUT2D eigenvalue weighted by Gasteiger charge is 2.28. The van der Waals surface area contributed by atoms with Crippen LogP contribution >= 0.6 is 0 Å². The fourth-order valence-corrected chi connectivity index (χ4v) is 3.41. The van der Waals surface area contributed by atoms with Gasteiger partial charge in [0.15, 0.2) is 0 Å². The lowest BCUT2D eigenvalue weighted by atomic mass is 9.94. The van der Waals surface area contributed by atoms with Crippen molar-refractivity contribution in [3.05, 3.63) is 0 Å². The molecule has 19 heavy (non-hydrogen) atoms. The van der Waals surface area contributed by atoms with Crippen molar-refractivity contribution in [2.45, 2.75) is 63.8 Å². The molecule has 1 heterocycles. The molecule has 0 radical (unpaired) electrons. The summed E-state index contributed by atoms with van der Waals surface area (Å²) in [6, 6.07) is 0.687. The summed E-state index contributed by atoms with van der Waals surface area (Å²) in [5, 5.41) is 0. The van der Waals surface area contributed by atoms with Crippen LogP contribution in [0.25, 0.3) is 0 Å². The summed E-state index contributed by atoms with van der Waals surface area (Å²) in [6.07, 6.45) is 11.0. The van der Waals surface area contributed by atoms with Gasteiger partial charge < -0.3 is 15.5 Å². The Kier molecular flexibility index (Phi) is 5.95. The van der Waals surface area contributed by atoms with Crippen LogP contribution in [0.15, 0.2) is 0 Å². The zero-order valence-corrected chi connectivity index (χ0v) is 12.1. The van der Waals surface area contributed by atoms with Crippen LogP contribution in [0.3, 0.4) is 0 Å². The molecule has 0 atom stereocenters.